The fourth-order valence-electron chi connectivity index (χ4n) is 5.99. The van der Waals surface area contributed by atoms with Crippen molar-refractivity contribution in [2.75, 3.05) is 18.9 Å². The predicted molar refractivity (Wildman–Crippen MR) is 193 cm³/mol. The zero-order valence-electron chi connectivity index (χ0n) is 29.8. The molecule has 3 heterocycles. The van der Waals surface area contributed by atoms with E-state index >= 15 is 0 Å². The van der Waals surface area contributed by atoms with Gasteiger partial charge in [0.05, 0.1) is 18.9 Å². The number of hydrogen-bond acceptors (Lipinski definition) is 12. The average Bonchev–Trinajstić information content (AvgIpc) is 3.67. The zero-order chi connectivity index (χ0) is 37.5. The van der Waals surface area contributed by atoms with Gasteiger partial charge >= 0.3 is 13.7 Å². The zero-order valence-corrected chi connectivity index (χ0v) is 30.7. The summed E-state index contributed by atoms with van der Waals surface area (Å²) >= 11 is 0. The molecule has 6 atom stereocenters. The number of rotatable bonds is 16. The molecule has 0 spiro atoms. The molecular weight excluding hydrogens is 687 g/mol. The van der Waals surface area contributed by atoms with Crippen LogP contribution in [-0.2, 0) is 40.8 Å². The molecule has 52 heavy (non-hydrogen) atoms. The molecule has 15 heteroatoms. The smallest absolute Gasteiger partial charge is 0.459 e. The molecule has 0 saturated carbocycles. The number of nitrogen functional groups attached to an aromatic ring is 1. The molecule has 0 amide bonds. The van der Waals surface area contributed by atoms with Crippen molar-refractivity contribution < 1.29 is 38.1 Å². The summed E-state index contributed by atoms with van der Waals surface area (Å²) in [5.74, 6) is -0.328. The number of nitrogens with zero attached hydrogens (tertiary/aromatic N) is 4. The van der Waals surface area contributed by atoms with Crippen LogP contribution in [0, 0.1) is 11.3 Å². The van der Waals surface area contributed by atoms with Gasteiger partial charge < -0.3 is 29.9 Å². The molecule has 278 valence electrons. The standard InChI is InChI=1S/C37H47N6O8P/c1-5-6-7-11-20-48-35(46)28(21-25-12-9-8-10-13-25)42-52(47,51-27-16-14-26(15-17-27)36(2,3)4)49-22-30-32(44)33(45)37(23-38,50-30)31-19-18-29-34(39)40-24-41-43(29)31/h8-10,12-19,24,28,30,32-33,44-45H,5-7,11,20-22H2,1-4H3,(H,42,47)(H2,39,40,41)/t28-,30+,32+,33+,37-,52?/m0/s1. The van der Waals surface area contributed by atoms with Crippen molar-refractivity contribution in [2.24, 2.45) is 0 Å². The Labute approximate surface area is 303 Å². The number of ether oxygens (including phenoxy) is 2. The van der Waals surface area contributed by atoms with Gasteiger partial charge in [0.15, 0.2) is 5.82 Å². The third-order valence-electron chi connectivity index (χ3n) is 8.96. The van der Waals surface area contributed by atoms with E-state index in [2.05, 4.69) is 42.9 Å². The highest BCUT2D eigenvalue weighted by molar-refractivity contribution is 7.52. The molecule has 0 bridgehead atoms. The van der Waals surface area contributed by atoms with Gasteiger partial charge in [0, 0.05) is 0 Å². The van der Waals surface area contributed by atoms with Gasteiger partial charge in [-0.3, -0.25) is 9.32 Å². The van der Waals surface area contributed by atoms with Crippen molar-refractivity contribution in [3.8, 4) is 11.8 Å². The lowest BCUT2D eigenvalue weighted by Crippen LogP contribution is -2.41. The molecule has 5 N–H and O–H groups in total. The van der Waals surface area contributed by atoms with Gasteiger partial charge in [-0.2, -0.15) is 15.4 Å². The summed E-state index contributed by atoms with van der Waals surface area (Å²) in [5.41, 5.74) is 5.93. The van der Waals surface area contributed by atoms with Crippen LogP contribution in [0.4, 0.5) is 5.82 Å². The number of nitrogens with two attached hydrogens (primary N) is 1. The third kappa shape index (κ3) is 8.81. The molecule has 1 aliphatic heterocycles. The van der Waals surface area contributed by atoms with Crippen LogP contribution in [0.5, 0.6) is 5.75 Å². The largest absolute Gasteiger partial charge is 0.465 e. The average molecular weight is 735 g/mol. The summed E-state index contributed by atoms with van der Waals surface area (Å²) < 4.78 is 39.6. The molecule has 2 aromatic carbocycles. The quantitative estimate of drug-likeness (QED) is 0.0683. The maximum atomic E-state index is 14.7. The van der Waals surface area contributed by atoms with Gasteiger partial charge in [-0.15, -0.1) is 0 Å². The fraction of sp³-hybridized carbons (Fsp3) is 0.459. The first-order chi connectivity index (χ1) is 24.8. The molecule has 2 aromatic heterocycles. The van der Waals surface area contributed by atoms with Crippen molar-refractivity contribution in [1.82, 2.24) is 19.7 Å². The summed E-state index contributed by atoms with van der Waals surface area (Å²) in [7, 11) is -4.50. The van der Waals surface area contributed by atoms with Gasteiger partial charge in [-0.1, -0.05) is 89.4 Å². The van der Waals surface area contributed by atoms with Crippen LogP contribution in [0.25, 0.3) is 5.52 Å². The first-order valence-corrected chi connectivity index (χ1v) is 18.9. The van der Waals surface area contributed by atoms with Crippen LogP contribution >= 0.6 is 7.75 Å². The van der Waals surface area contributed by atoms with Gasteiger partial charge in [-0.25, -0.2) is 14.1 Å². The summed E-state index contributed by atoms with van der Waals surface area (Å²) in [6, 6.07) is 20.0. The molecule has 14 nitrogen and oxygen atoms in total. The maximum absolute atomic E-state index is 14.7. The molecule has 1 fully saturated rings. The first kappa shape index (κ1) is 38.9. The van der Waals surface area contributed by atoms with Crippen LogP contribution < -0.4 is 15.3 Å². The fourth-order valence-corrected chi connectivity index (χ4v) is 7.49. The number of nitrogens with one attached hydrogen (secondary N) is 1. The van der Waals surface area contributed by atoms with Crippen molar-refractivity contribution in [1.29, 1.82) is 5.26 Å². The van der Waals surface area contributed by atoms with E-state index in [0.717, 1.165) is 30.4 Å². The Morgan fingerprint density at radius 3 is 2.52 bits per heavy atom. The van der Waals surface area contributed by atoms with Gasteiger partial charge in [0.2, 0.25) is 5.60 Å². The van der Waals surface area contributed by atoms with Gasteiger partial charge in [0.25, 0.3) is 0 Å². The number of benzene rings is 2. The number of anilines is 1. The second kappa shape index (κ2) is 16.5. The number of carbonyl (C=O) groups excluding carboxylic acids is 1. The summed E-state index contributed by atoms with van der Waals surface area (Å²) in [5, 5.41) is 39.7. The van der Waals surface area contributed by atoms with Crippen LogP contribution in [-0.4, -0.2) is 68.3 Å². The third-order valence-corrected chi connectivity index (χ3v) is 10.5. The van der Waals surface area contributed by atoms with E-state index in [1.807, 2.05) is 48.5 Å². The number of aliphatic hydroxyl groups is 2. The van der Waals surface area contributed by atoms with E-state index in [1.54, 1.807) is 18.2 Å². The molecule has 5 rings (SSSR count). The predicted octanol–water partition coefficient (Wildman–Crippen LogP) is 4.98. The number of unbranched alkanes of at least 4 members (excludes halogenated alkanes) is 3. The summed E-state index contributed by atoms with van der Waals surface area (Å²) in [4.78, 5) is 17.5. The Hall–Kier alpha value is -4.35. The molecule has 1 aliphatic rings. The van der Waals surface area contributed by atoms with E-state index in [9.17, 15) is 24.8 Å². The number of carbonyl (C=O) groups is 1. The minimum absolute atomic E-state index is 0.0919. The topological polar surface area (TPSA) is 204 Å². The molecule has 1 unspecified atom stereocenters. The molecule has 1 saturated heterocycles. The second-order valence-corrected chi connectivity index (χ2v) is 15.6. The lowest BCUT2D eigenvalue weighted by molar-refractivity contribution is -0.146. The van der Waals surface area contributed by atoms with Crippen molar-refractivity contribution in [3.05, 3.63) is 89.9 Å². The van der Waals surface area contributed by atoms with Crippen molar-refractivity contribution >= 4 is 25.1 Å². The van der Waals surface area contributed by atoms with E-state index in [-0.39, 0.29) is 35.7 Å². The highest BCUT2D eigenvalue weighted by atomic mass is 31.2. The number of esters is 1. The molecule has 0 radical (unpaired) electrons. The van der Waals surface area contributed by atoms with Crippen molar-refractivity contribution in [3.63, 3.8) is 0 Å². The molecular formula is C37H47N6O8P. The van der Waals surface area contributed by atoms with Crippen LogP contribution in [0.1, 0.15) is 70.2 Å². The Morgan fingerprint density at radius 1 is 1.12 bits per heavy atom. The first-order valence-electron chi connectivity index (χ1n) is 17.4. The maximum Gasteiger partial charge on any atom is 0.459 e. The number of hydrogen-bond donors (Lipinski definition) is 4. The minimum atomic E-state index is -4.50. The normalized spacial score (nSPS) is 22.1. The van der Waals surface area contributed by atoms with Gasteiger partial charge in [0.1, 0.15) is 48.0 Å². The Bertz CT molecular complexity index is 1890. The van der Waals surface area contributed by atoms with E-state index < -0.39 is 50.3 Å². The lowest BCUT2D eigenvalue weighted by Gasteiger charge is -2.27. The van der Waals surface area contributed by atoms with Crippen LogP contribution in [0.3, 0.4) is 0 Å². The van der Waals surface area contributed by atoms with E-state index in [0.29, 0.717) is 11.9 Å². The number of nitriles is 1. The van der Waals surface area contributed by atoms with E-state index in [4.69, 9.17) is 24.3 Å². The van der Waals surface area contributed by atoms with E-state index in [1.165, 1.54) is 16.9 Å². The highest BCUT2D eigenvalue weighted by Gasteiger charge is 2.58. The van der Waals surface area contributed by atoms with Gasteiger partial charge in [-0.05, 0) is 53.6 Å². The number of fused-ring (bicyclic) bond motifs is 1. The number of aliphatic hydroxyl groups excluding tert-OH is 2. The minimum Gasteiger partial charge on any atom is -0.465 e. The molecule has 4 aromatic rings. The SMILES string of the molecule is CCCCCCOC(=O)[C@H](Cc1ccccc1)NP(=O)(OC[C@H]1O[C@@](C#N)(c2ccc3c(N)ncnn23)[C@H](O)[C@@H]1O)Oc1ccc(C(C)(C)C)cc1. The summed E-state index contributed by atoms with van der Waals surface area (Å²) in [6.45, 7) is 7.83. The Balaban J connectivity index is 1.42. The Kier molecular flexibility index (Phi) is 12.4. The number of aromatic nitrogens is 3. The Morgan fingerprint density at radius 2 is 1.85 bits per heavy atom. The van der Waals surface area contributed by atoms with Crippen molar-refractivity contribution in [2.45, 2.75) is 95.2 Å². The summed E-state index contributed by atoms with van der Waals surface area (Å²) in [6.07, 6.45) is 0.0750. The van der Waals surface area contributed by atoms with Crippen LogP contribution in [0.2, 0.25) is 0 Å². The van der Waals surface area contributed by atoms with Crippen LogP contribution in [0.15, 0.2) is 73.1 Å². The molecule has 0 aliphatic carbocycles. The highest BCUT2D eigenvalue weighted by Crippen LogP contribution is 2.48. The lowest BCUT2D eigenvalue weighted by atomic mass is 9.87. The second-order valence-electron chi connectivity index (χ2n) is 13.9. The monoisotopic (exact) mass is 734 g/mol.